The summed E-state index contributed by atoms with van der Waals surface area (Å²) in [4.78, 5) is 53.1. The summed E-state index contributed by atoms with van der Waals surface area (Å²) >= 11 is 0. The first kappa shape index (κ1) is 22.4. The molecule has 3 aliphatic heterocycles. The van der Waals surface area contributed by atoms with Crippen LogP contribution in [0.4, 0.5) is 0 Å². The quantitative estimate of drug-likeness (QED) is 0.676. The van der Waals surface area contributed by atoms with E-state index in [1.807, 2.05) is 18.2 Å². The van der Waals surface area contributed by atoms with E-state index in [4.69, 9.17) is 0 Å². The van der Waals surface area contributed by atoms with Crippen LogP contribution in [0.2, 0.25) is 0 Å². The highest BCUT2D eigenvalue weighted by molar-refractivity contribution is 6.23. The van der Waals surface area contributed by atoms with E-state index in [1.54, 1.807) is 18.2 Å². The Bertz CT molecular complexity index is 1170. The molecular weight excluding hydrogens is 434 g/mol. The largest absolute Gasteiger partial charge is 0.385 e. The second-order valence-corrected chi connectivity index (χ2v) is 9.36. The molecule has 0 aliphatic carbocycles. The van der Waals surface area contributed by atoms with Crippen LogP contribution in [0.15, 0.2) is 48.5 Å². The molecule has 1 unspecified atom stereocenters. The highest BCUT2D eigenvalue weighted by Gasteiger charge is 2.45. The number of hydrogen-bond acceptors (Lipinski definition) is 6. The summed E-state index contributed by atoms with van der Waals surface area (Å²) in [5.41, 5.74) is 1.14. The molecule has 176 valence electrons. The third kappa shape index (κ3) is 3.73. The summed E-state index contributed by atoms with van der Waals surface area (Å²) in [6.45, 7) is 3.54. The molecule has 8 nitrogen and oxygen atoms in total. The monoisotopic (exact) mass is 461 g/mol. The maximum atomic E-state index is 13.1. The highest BCUT2D eigenvalue weighted by atomic mass is 16.3. The molecule has 5 rings (SSSR count). The Morgan fingerprint density at radius 3 is 2.32 bits per heavy atom. The number of amides is 4. The summed E-state index contributed by atoms with van der Waals surface area (Å²) in [6, 6.07) is 14.3. The predicted octanol–water partition coefficient (Wildman–Crippen LogP) is 2.13. The lowest BCUT2D eigenvalue weighted by atomic mass is 9.82. The van der Waals surface area contributed by atoms with Gasteiger partial charge in [-0.3, -0.25) is 34.3 Å². The first-order valence-electron chi connectivity index (χ1n) is 11.7. The summed E-state index contributed by atoms with van der Waals surface area (Å²) in [7, 11) is 0. The number of benzene rings is 2. The first-order chi connectivity index (χ1) is 16.3. The second-order valence-electron chi connectivity index (χ2n) is 9.36. The molecule has 0 aromatic heterocycles. The Balaban J connectivity index is 1.33. The van der Waals surface area contributed by atoms with Crippen LogP contribution < -0.4 is 5.32 Å². The van der Waals surface area contributed by atoms with Gasteiger partial charge in [0.05, 0.1) is 16.7 Å². The van der Waals surface area contributed by atoms with E-state index in [9.17, 15) is 24.3 Å². The Kier molecular flexibility index (Phi) is 5.58. The average Bonchev–Trinajstić information content (AvgIpc) is 3.09. The zero-order valence-corrected chi connectivity index (χ0v) is 19.0. The van der Waals surface area contributed by atoms with E-state index in [-0.39, 0.29) is 30.0 Å². The molecule has 0 saturated carbocycles. The van der Waals surface area contributed by atoms with Gasteiger partial charge in [-0.2, -0.15) is 0 Å². The van der Waals surface area contributed by atoms with Crippen molar-refractivity contribution < 1.29 is 24.3 Å². The average molecular weight is 462 g/mol. The number of carbonyl (C=O) groups excluding carboxylic acids is 4. The van der Waals surface area contributed by atoms with Gasteiger partial charge in [0.15, 0.2) is 0 Å². The first-order valence-corrected chi connectivity index (χ1v) is 11.7. The van der Waals surface area contributed by atoms with Crippen molar-refractivity contribution in [2.24, 2.45) is 0 Å². The fraction of sp³-hybridized carbons (Fsp3) is 0.385. The van der Waals surface area contributed by atoms with Gasteiger partial charge in [0, 0.05) is 25.6 Å². The number of likely N-dealkylation sites (tertiary alicyclic amines) is 1. The lowest BCUT2D eigenvalue weighted by molar-refractivity contribution is -0.136. The zero-order valence-electron chi connectivity index (χ0n) is 19.0. The van der Waals surface area contributed by atoms with Crippen molar-refractivity contribution in [3.05, 3.63) is 70.8 Å². The second kappa shape index (κ2) is 8.45. The van der Waals surface area contributed by atoms with E-state index in [2.05, 4.69) is 29.3 Å². The lowest BCUT2D eigenvalue weighted by Gasteiger charge is -2.41. The number of hydrogen-bond donors (Lipinski definition) is 2. The van der Waals surface area contributed by atoms with Crippen molar-refractivity contribution in [2.75, 3.05) is 13.1 Å². The van der Waals surface area contributed by atoms with Crippen LogP contribution in [0.5, 0.6) is 0 Å². The van der Waals surface area contributed by atoms with Gasteiger partial charge in [-0.1, -0.05) is 36.4 Å². The minimum atomic E-state index is -1.10. The number of imide groups is 2. The molecule has 2 fully saturated rings. The smallest absolute Gasteiger partial charge is 0.262 e. The molecule has 8 heteroatoms. The Morgan fingerprint density at radius 2 is 1.65 bits per heavy atom. The number of carbonyl (C=O) groups is 4. The maximum Gasteiger partial charge on any atom is 0.262 e. The summed E-state index contributed by atoms with van der Waals surface area (Å²) in [5.74, 6) is -2.14. The number of nitrogens with zero attached hydrogens (tertiary/aromatic N) is 2. The molecule has 0 radical (unpaired) electrons. The minimum absolute atomic E-state index is 0.0761. The molecule has 0 spiro atoms. The van der Waals surface area contributed by atoms with E-state index in [1.165, 1.54) is 5.56 Å². The van der Waals surface area contributed by atoms with Crippen LogP contribution in [0.3, 0.4) is 0 Å². The van der Waals surface area contributed by atoms with Crippen LogP contribution in [0, 0.1) is 0 Å². The molecule has 2 aromatic rings. The normalized spacial score (nSPS) is 23.6. The molecule has 2 saturated heterocycles. The Labute approximate surface area is 197 Å². The number of fused-ring (bicyclic) bond motifs is 1. The molecule has 34 heavy (non-hydrogen) atoms. The van der Waals surface area contributed by atoms with Gasteiger partial charge < -0.3 is 5.11 Å². The van der Waals surface area contributed by atoms with E-state index in [0.717, 1.165) is 4.90 Å². The van der Waals surface area contributed by atoms with Gasteiger partial charge in [0.25, 0.3) is 11.8 Å². The van der Waals surface area contributed by atoms with Gasteiger partial charge in [0.1, 0.15) is 6.04 Å². The van der Waals surface area contributed by atoms with Gasteiger partial charge in [-0.15, -0.1) is 0 Å². The highest BCUT2D eigenvalue weighted by Crippen LogP contribution is 2.38. The predicted molar refractivity (Wildman–Crippen MR) is 123 cm³/mol. The summed E-state index contributed by atoms with van der Waals surface area (Å²) in [6.07, 6.45) is 1.19. The number of aliphatic hydroxyl groups is 1. The minimum Gasteiger partial charge on any atom is -0.385 e. The van der Waals surface area contributed by atoms with Gasteiger partial charge in [-0.05, 0) is 49.4 Å². The summed E-state index contributed by atoms with van der Waals surface area (Å²) in [5, 5.41) is 13.6. The van der Waals surface area contributed by atoms with Crippen molar-refractivity contribution in [2.45, 2.75) is 50.3 Å². The van der Waals surface area contributed by atoms with E-state index >= 15 is 0 Å². The van der Waals surface area contributed by atoms with E-state index in [0.29, 0.717) is 31.5 Å². The zero-order chi connectivity index (χ0) is 24.0. The van der Waals surface area contributed by atoms with Crippen molar-refractivity contribution >= 4 is 23.6 Å². The molecular formula is C26H27N3O5. The number of nitrogens with one attached hydrogen (secondary N) is 1. The van der Waals surface area contributed by atoms with Gasteiger partial charge in [-0.25, -0.2) is 0 Å². The lowest BCUT2D eigenvalue weighted by Crippen LogP contribution is -2.54. The maximum absolute atomic E-state index is 13.1. The van der Waals surface area contributed by atoms with Crippen LogP contribution in [-0.2, 0) is 15.2 Å². The molecule has 2 N–H and O–H groups in total. The van der Waals surface area contributed by atoms with Crippen LogP contribution in [-0.4, -0.2) is 57.7 Å². The standard InChI is InChI=1S/C26H27N3O5/c1-16(17-5-3-2-4-6-17)28-13-11-26(34,12-14-28)18-7-8-19-20(15-18)25(33)29(24(19)32)21-9-10-22(30)27-23(21)31/h2-8,15-16,21,34H,9-14H2,1H3,(H,27,30,31)/t16-,21?/m1/s1. The fourth-order valence-corrected chi connectivity index (χ4v) is 5.27. The Hall–Kier alpha value is -3.36. The van der Waals surface area contributed by atoms with E-state index < -0.39 is 35.3 Å². The van der Waals surface area contributed by atoms with Gasteiger partial charge in [0.2, 0.25) is 11.8 Å². The fourth-order valence-electron chi connectivity index (χ4n) is 5.27. The molecule has 2 atom stereocenters. The van der Waals surface area contributed by atoms with Crippen molar-refractivity contribution in [1.82, 2.24) is 15.1 Å². The molecule has 3 aliphatic rings. The van der Waals surface area contributed by atoms with Crippen LogP contribution in [0.25, 0.3) is 0 Å². The topological polar surface area (TPSA) is 107 Å². The summed E-state index contributed by atoms with van der Waals surface area (Å²) < 4.78 is 0. The van der Waals surface area contributed by atoms with Gasteiger partial charge >= 0.3 is 0 Å². The van der Waals surface area contributed by atoms with Crippen LogP contribution >= 0.6 is 0 Å². The number of piperidine rings is 2. The Morgan fingerprint density at radius 1 is 0.971 bits per heavy atom. The van der Waals surface area contributed by atoms with Crippen LogP contribution in [0.1, 0.15) is 70.5 Å². The molecule has 2 aromatic carbocycles. The molecule has 0 bridgehead atoms. The third-order valence-corrected chi connectivity index (χ3v) is 7.43. The number of rotatable bonds is 4. The molecule has 3 heterocycles. The third-order valence-electron chi connectivity index (χ3n) is 7.43. The molecule has 4 amide bonds. The SMILES string of the molecule is C[C@H](c1ccccc1)N1CCC(O)(c2ccc3c(c2)C(=O)N(C2CCC(=O)NC2=O)C3=O)CC1. The van der Waals surface area contributed by atoms with Crippen molar-refractivity contribution in [3.8, 4) is 0 Å². The van der Waals surface area contributed by atoms with Crippen molar-refractivity contribution in [3.63, 3.8) is 0 Å². The van der Waals surface area contributed by atoms with Crippen molar-refractivity contribution in [1.29, 1.82) is 0 Å².